The third-order valence-electron chi connectivity index (χ3n) is 6.42. The van der Waals surface area contributed by atoms with Gasteiger partial charge in [0.05, 0.1) is 0 Å². The zero-order chi connectivity index (χ0) is 29.3. The first-order valence-electron chi connectivity index (χ1n) is 14.1. The maximum atomic E-state index is 6.14. The molecule has 0 radical (unpaired) electrons. The van der Waals surface area contributed by atoms with Crippen molar-refractivity contribution in [3.63, 3.8) is 0 Å². The Morgan fingerprint density at radius 3 is 0.923 bits per heavy atom. The van der Waals surface area contributed by atoms with E-state index in [2.05, 4.69) is 106 Å². The fourth-order valence-corrected chi connectivity index (χ4v) is 3.71. The third kappa shape index (κ3) is 11.0. The van der Waals surface area contributed by atoms with E-state index in [0.29, 0.717) is 17.2 Å². The number of unbranched alkanes of at least 4 members (excludes halogenated alkanes) is 1. The summed E-state index contributed by atoms with van der Waals surface area (Å²) in [7, 11) is -0.929. The van der Waals surface area contributed by atoms with E-state index in [0.717, 1.165) is 6.54 Å². The van der Waals surface area contributed by atoms with Crippen LogP contribution in [0.2, 0.25) is 0 Å². The summed E-state index contributed by atoms with van der Waals surface area (Å²) >= 11 is 0. The highest BCUT2D eigenvalue weighted by atomic mass is 16.7. The van der Waals surface area contributed by atoms with E-state index in [1.165, 1.54) is 29.5 Å². The van der Waals surface area contributed by atoms with Crippen LogP contribution < -0.4 is 19.7 Å². The zero-order valence-electron chi connectivity index (χ0n) is 25.9. The Morgan fingerprint density at radius 2 is 0.769 bits per heavy atom. The molecule has 3 aromatic carbocycles. The lowest BCUT2D eigenvalue weighted by Crippen LogP contribution is -2.37. The Morgan fingerprint density at radius 1 is 0.513 bits per heavy atom. The summed E-state index contributed by atoms with van der Waals surface area (Å²) in [5, 5.41) is 0. The molecule has 0 spiro atoms. The zero-order valence-corrected chi connectivity index (χ0v) is 25.9. The lowest BCUT2D eigenvalue weighted by molar-refractivity contribution is 0.307. The Labute approximate surface area is 238 Å². The Balaban J connectivity index is 0.000000976. The first kappa shape index (κ1) is 32.3. The molecule has 0 aliphatic heterocycles. The molecule has 0 amide bonds. The third-order valence-corrected chi connectivity index (χ3v) is 6.42. The number of rotatable bonds is 8. The molecule has 0 aliphatic carbocycles. The van der Waals surface area contributed by atoms with Gasteiger partial charge in [0.1, 0.15) is 17.2 Å². The minimum absolute atomic E-state index is 0.0779. The normalized spacial score (nSPS) is 11.8. The van der Waals surface area contributed by atoms with Gasteiger partial charge in [0.2, 0.25) is 0 Å². The van der Waals surface area contributed by atoms with Crippen molar-refractivity contribution in [2.75, 3.05) is 6.54 Å². The lowest BCUT2D eigenvalue weighted by atomic mass is 9.87. The molecule has 0 heterocycles. The van der Waals surface area contributed by atoms with Crippen molar-refractivity contribution >= 4 is 7.32 Å². The minimum Gasteiger partial charge on any atom is -0.490 e. The van der Waals surface area contributed by atoms with Gasteiger partial charge in [-0.1, -0.05) is 112 Å². The fraction of sp³-hybridized carbons (Fsp3) is 0.471. The topological polar surface area (TPSA) is 53.7 Å². The Kier molecular flexibility index (Phi) is 11.5. The van der Waals surface area contributed by atoms with Gasteiger partial charge in [-0.15, -0.1) is 0 Å². The molecule has 0 aliphatic rings. The molecule has 4 nitrogen and oxygen atoms in total. The molecule has 212 valence electrons. The van der Waals surface area contributed by atoms with Gasteiger partial charge < -0.3 is 19.7 Å². The number of hydrogen-bond donors (Lipinski definition) is 1. The quantitative estimate of drug-likeness (QED) is 0.295. The second-order valence-electron chi connectivity index (χ2n) is 13.1. The van der Waals surface area contributed by atoms with Crippen molar-refractivity contribution in [3.8, 4) is 17.2 Å². The van der Waals surface area contributed by atoms with Crippen molar-refractivity contribution in [1.29, 1.82) is 0 Å². The van der Waals surface area contributed by atoms with Crippen molar-refractivity contribution < 1.29 is 14.0 Å². The van der Waals surface area contributed by atoms with Crippen molar-refractivity contribution in [3.05, 3.63) is 89.5 Å². The average Bonchev–Trinajstić information content (AvgIpc) is 2.84. The molecular formula is C34H50BNO3. The largest absolute Gasteiger partial charge is 0.864 e. The monoisotopic (exact) mass is 531 g/mol. The molecule has 0 saturated heterocycles. The molecule has 0 unspecified atom stereocenters. The van der Waals surface area contributed by atoms with Gasteiger partial charge in [0, 0.05) is 0 Å². The first-order chi connectivity index (χ1) is 18.1. The van der Waals surface area contributed by atoms with Gasteiger partial charge in [-0.25, -0.2) is 0 Å². The highest BCUT2D eigenvalue weighted by Gasteiger charge is 2.31. The van der Waals surface area contributed by atoms with Crippen LogP contribution in [0.4, 0.5) is 0 Å². The van der Waals surface area contributed by atoms with Crippen LogP contribution in [0.25, 0.3) is 0 Å². The molecule has 5 heteroatoms. The van der Waals surface area contributed by atoms with Crippen LogP contribution in [0.5, 0.6) is 17.2 Å². The SMILES string of the molecule is CC(C)(C)c1ccc(OB(Oc2ccc(C(C)(C)C)cc2)Oc2ccc(C(C)(C)C)cc2)cc1.CCCCN. The summed E-state index contributed by atoms with van der Waals surface area (Å²) in [6, 6.07) is 24.3. The van der Waals surface area contributed by atoms with Gasteiger partial charge in [0.15, 0.2) is 0 Å². The predicted octanol–water partition coefficient (Wildman–Crippen LogP) is 8.85. The van der Waals surface area contributed by atoms with Crippen LogP contribution in [-0.2, 0) is 16.2 Å². The molecular weight excluding hydrogens is 481 g/mol. The standard InChI is InChI=1S/C30H39BO3.C4H11N/c1-28(2,3)22-10-16-25(17-11-22)32-31(33-26-18-12-23(13-19-26)29(4,5)6)34-27-20-14-24(15-21-27)30(7,8)9;1-2-3-4-5/h10-21H,1-9H3;2-5H2,1H3. The predicted molar refractivity (Wildman–Crippen MR) is 167 cm³/mol. The van der Waals surface area contributed by atoms with E-state index in [-0.39, 0.29) is 16.2 Å². The Bertz CT molecular complexity index is 961. The second kappa shape index (κ2) is 13.9. The molecule has 0 atom stereocenters. The lowest BCUT2D eigenvalue weighted by Gasteiger charge is -2.22. The summed E-state index contributed by atoms with van der Waals surface area (Å²) in [6.45, 7) is 22.7. The smallest absolute Gasteiger partial charge is 0.490 e. The fourth-order valence-electron chi connectivity index (χ4n) is 3.71. The average molecular weight is 532 g/mol. The maximum Gasteiger partial charge on any atom is 0.864 e. The Hall–Kier alpha value is -2.92. The van der Waals surface area contributed by atoms with Crippen molar-refractivity contribution in [1.82, 2.24) is 0 Å². The van der Waals surface area contributed by atoms with Gasteiger partial charge in [-0.3, -0.25) is 0 Å². The van der Waals surface area contributed by atoms with E-state index < -0.39 is 7.32 Å². The molecule has 2 N–H and O–H groups in total. The van der Waals surface area contributed by atoms with Gasteiger partial charge in [-0.2, -0.15) is 0 Å². The summed E-state index contributed by atoms with van der Waals surface area (Å²) < 4.78 is 18.4. The molecule has 0 saturated carbocycles. The van der Waals surface area contributed by atoms with Crippen LogP contribution in [0.3, 0.4) is 0 Å². The van der Waals surface area contributed by atoms with Crippen molar-refractivity contribution in [2.24, 2.45) is 5.73 Å². The van der Waals surface area contributed by atoms with Gasteiger partial charge >= 0.3 is 7.32 Å². The van der Waals surface area contributed by atoms with E-state index >= 15 is 0 Å². The summed E-state index contributed by atoms with van der Waals surface area (Å²) in [5.74, 6) is 2.07. The summed E-state index contributed by atoms with van der Waals surface area (Å²) in [6.07, 6.45) is 2.39. The molecule has 3 aromatic rings. The molecule has 39 heavy (non-hydrogen) atoms. The molecule has 3 rings (SSSR count). The molecule has 0 fully saturated rings. The van der Waals surface area contributed by atoms with E-state index in [1.807, 2.05) is 36.4 Å². The van der Waals surface area contributed by atoms with Crippen LogP contribution in [0.1, 0.15) is 98.8 Å². The van der Waals surface area contributed by atoms with Crippen LogP contribution in [-0.4, -0.2) is 13.9 Å². The highest BCUT2D eigenvalue weighted by Crippen LogP contribution is 2.28. The minimum atomic E-state index is -0.929. The van der Waals surface area contributed by atoms with Crippen LogP contribution >= 0.6 is 0 Å². The second-order valence-corrected chi connectivity index (χ2v) is 13.1. The maximum absolute atomic E-state index is 6.14. The molecule has 0 aromatic heterocycles. The number of benzene rings is 3. The van der Waals surface area contributed by atoms with Crippen LogP contribution in [0, 0.1) is 0 Å². The number of nitrogens with two attached hydrogens (primary N) is 1. The summed E-state index contributed by atoms with van der Waals surface area (Å²) in [4.78, 5) is 0. The van der Waals surface area contributed by atoms with Crippen LogP contribution in [0.15, 0.2) is 72.8 Å². The van der Waals surface area contributed by atoms with Crippen molar-refractivity contribution in [2.45, 2.75) is 98.3 Å². The highest BCUT2D eigenvalue weighted by molar-refractivity contribution is 6.39. The number of hydrogen-bond acceptors (Lipinski definition) is 4. The van der Waals surface area contributed by atoms with Gasteiger partial charge in [-0.05, 0) is 82.3 Å². The van der Waals surface area contributed by atoms with Gasteiger partial charge in [0.25, 0.3) is 0 Å². The van der Waals surface area contributed by atoms with E-state index in [4.69, 9.17) is 19.7 Å². The van der Waals surface area contributed by atoms with E-state index in [1.54, 1.807) is 0 Å². The first-order valence-corrected chi connectivity index (χ1v) is 14.1. The van der Waals surface area contributed by atoms with E-state index in [9.17, 15) is 0 Å². The summed E-state index contributed by atoms with van der Waals surface area (Å²) in [5.41, 5.74) is 9.11. The molecule has 0 bridgehead atoms.